The van der Waals surface area contributed by atoms with Crippen molar-refractivity contribution in [1.29, 1.82) is 0 Å². The molecule has 1 aromatic rings. The summed E-state index contributed by atoms with van der Waals surface area (Å²) in [6, 6.07) is 7.19. The van der Waals surface area contributed by atoms with E-state index in [4.69, 9.17) is 37.9 Å². The minimum absolute atomic E-state index is 0.103. The average molecular weight is 502 g/mol. The molecule has 10 heteroatoms. The Hall–Kier alpha value is -1.79. The molecule has 0 radical (unpaired) electrons. The highest BCUT2D eigenvalue weighted by Gasteiger charge is 1.98. The van der Waals surface area contributed by atoms with Crippen LogP contribution in [-0.2, 0) is 38.0 Å². The molecule has 0 spiro atoms. The van der Waals surface area contributed by atoms with Crippen molar-refractivity contribution in [3.63, 3.8) is 0 Å². The predicted molar refractivity (Wildman–Crippen MR) is 132 cm³/mol. The summed E-state index contributed by atoms with van der Waals surface area (Å²) in [4.78, 5) is 11.0. The molecule has 1 rings (SSSR count). The molecule has 0 heterocycles. The summed E-state index contributed by atoms with van der Waals surface area (Å²) < 4.78 is 43.6. The number of rotatable bonds is 24. The second-order valence-electron chi connectivity index (χ2n) is 7.65. The van der Waals surface area contributed by atoms with Gasteiger partial charge in [0.2, 0.25) is 5.91 Å². The van der Waals surface area contributed by atoms with Crippen molar-refractivity contribution in [3.8, 4) is 5.75 Å². The maximum atomic E-state index is 11.0. The van der Waals surface area contributed by atoms with Crippen LogP contribution in [0.5, 0.6) is 5.75 Å². The summed E-state index contributed by atoms with van der Waals surface area (Å²) in [5, 5.41) is 2.71. The fourth-order valence-corrected chi connectivity index (χ4v) is 2.60. The minimum Gasteiger partial charge on any atom is -0.491 e. The number of ether oxygens (including phenoxy) is 8. The first-order valence-corrected chi connectivity index (χ1v) is 12.2. The van der Waals surface area contributed by atoms with Gasteiger partial charge in [0.15, 0.2) is 0 Å². The first-order chi connectivity index (χ1) is 17.1. The van der Waals surface area contributed by atoms with Gasteiger partial charge in [-0.3, -0.25) is 4.79 Å². The quantitative estimate of drug-likeness (QED) is 0.214. The molecule has 1 N–H and O–H groups in total. The van der Waals surface area contributed by atoms with Crippen LogP contribution in [0.2, 0.25) is 0 Å². The monoisotopic (exact) mass is 501 g/mol. The zero-order valence-electron chi connectivity index (χ0n) is 21.5. The molecule has 1 aromatic carbocycles. The number of carbonyl (C=O) groups is 1. The Morgan fingerprint density at radius 2 is 1.00 bits per heavy atom. The van der Waals surface area contributed by atoms with E-state index >= 15 is 0 Å². The predicted octanol–water partition coefficient (Wildman–Crippen LogP) is 2.55. The van der Waals surface area contributed by atoms with Gasteiger partial charge in [0.1, 0.15) is 12.4 Å². The summed E-state index contributed by atoms with van der Waals surface area (Å²) in [5.74, 6) is 0.620. The third-order valence-electron chi connectivity index (χ3n) is 4.21. The van der Waals surface area contributed by atoms with Crippen LogP contribution in [-0.4, -0.2) is 105 Å². The van der Waals surface area contributed by atoms with Crippen LogP contribution in [0.3, 0.4) is 0 Å². The largest absolute Gasteiger partial charge is 0.491 e. The van der Waals surface area contributed by atoms with E-state index in [0.29, 0.717) is 92.5 Å². The van der Waals surface area contributed by atoms with E-state index in [-0.39, 0.29) is 12.0 Å². The van der Waals surface area contributed by atoms with Gasteiger partial charge in [0, 0.05) is 12.6 Å². The van der Waals surface area contributed by atoms with Gasteiger partial charge in [-0.25, -0.2) is 0 Å². The van der Waals surface area contributed by atoms with Crippen LogP contribution in [0.15, 0.2) is 24.3 Å². The summed E-state index contributed by atoms with van der Waals surface area (Å²) >= 11 is 0. The van der Waals surface area contributed by atoms with Crippen LogP contribution in [0.25, 0.3) is 0 Å². The Balaban J connectivity index is 1.73. The Morgan fingerprint density at radius 1 is 0.629 bits per heavy atom. The molecule has 35 heavy (non-hydrogen) atoms. The number of hydrogen-bond acceptors (Lipinski definition) is 9. The smallest absolute Gasteiger partial charge is 0.221 e. The maximum Gasteiger partial charge on any atom is 0.221 e. The van der Waals surface area contributed by atoms with Crippen molar-refractivity contribution in [2.24, 2.45) is 0 Å². The molecule has 10 nitrogen and oxygen atoms in total. The zero-order chi connectivity index (χ0) is 25.4. The topological polar surface area (TPSA) is 103 Å². The fraction of sp³-hybridized carbons (Fsp3) is 0.720. The number of anilines is 1. The SMILES string of the molecule is CC(=O)Nc1ccc(OCCOCCOCCOCCOCCOCCOCCOC(C)C)cc1. The van der Waals surface area contributed by atoms with Crippen molar-refractivity contribution < 1.29 is 42.7 Å². The summed E-state index contributed by atoms with van der Waals surface area (Å²) in [5.41, 5.74) is 0.737. The molecule has 0 fully saturated rings. The van der Waals surface area contributed by atoms with Crippen LogP contribution < -0.4 is 10.1 Å². The Kier molecular flexibility index (Phi) is 20.2. The van der Waals surface area contributed by atoms with Gasteiger partial charge in [0.05, 0.1) is 92.0 Å². The molecule has 0 saturated heterocycles. The second kappa shape index (κ2) is 22.7. The lowest BCUT2D eigenvalue weighted by molar-refractivity contribution is -0.114. The molecule has 0 unspecified atom stereocenters. The molecular formula is C25H43NO9. The van der Waals surface area contributed by atoms with Gasteiger partial charge in [0.25, 0.3) is 0 Å². The van der Waals surface area contributed by atoms with E-state index in [1.165, 1.54) is 6.92 Å². The van der Waals surface area contributed by atoms with E-state index in [2.05, 4.69) is 5.32 Å². The Labute approximate surface area is 209 Å². The second-order valence-corrected chi connectivity index (χ2v) is 7.65. The van der Waals surface area contributed by atoms with Gasteiger partial charge in [-0.05, 0) is 38.1 Å². The average Bonchev–Trinajstić information content (AvgIpc) is 2.83. The van der Waals surface area contributed by atoms with E-state index in [0.717, 1.165) is 11.4 Å². The Morgan fingerprint density at radius 3 is 1.37 bits per heavy atom. The van der Waals surface area contributed by atoms with Crippen LogP contribution in [0, 0.1) is 0 Å². The van der Waals surface area contributed by atoms with Gasteiger partial charge < -0.3 is 43.2 Å². The standard InChI is InChI=1S/C25H43NO9/c1-22(2)34-20-18-32-16-14-30-12-10-28-8-9-29-11-13-31-15-17-33-19-21-35-25-6-4-24(5-7-25)26-23(3)27/h4-7,22H,8-21H2,1-3H3,(H,26,27). The van der Waals surface area contributed by atoms with E-state index in [1.54, 1.807) is 24.3 Å². The van der Waals surface area contributed by atoms with Crippen molar-refractivity contribution in [3.05, 3.63) is 24.3 Å². The molecular weight excluding hydrogens is 458 g/mol. The van der Waals surface area contributed by atoms with Crippen molar-refractivity contribution >= 4 is 11.6 Å². The fourth-order valence-electron chi connectivity index (χ4n) is 2.60. The molecule has 0 saturated carbocycles. The van der Waals surface area contributed by atoms with Gasteiger partial charge >= 0.3 is 0 Å². The molecule has 0 aliphatic carbocycles. The van der Waals surface area contributed by atoms with Gasteiger partial charge in [-0.1, -0.05) is 0 Å². The lowest BCUT2D eigenvalue weighted by Gasteiger charge is -2.09. The summed E-state index contributed by atoms with van der Waals surface area (Å²) in [6.07, 6.45) is 0.232. The van der Waals surface area contributed by atoms with Crippen LogP contribution >= 0.6 is 0 Å². The number of carbonyl (C=O) groups excluding carboxylic acids is 1. The molecule has 1 amide bonds. The van der Waals surface area contributed by atoms with Crippen molar-refractivity contribution in [2.45, 2.75) is 26.9 Å². The van der Waals surface area contributed by atoms with Gasteiger partial charge in [-0.2, -0.15) is 0 Å². The van der Waals surface area contributed by atoms with E-state index in [9.17, 15) is 4.79 Å². The highest BCUT2D eigenvalue weighted by Crippen LogP contribution is 2.15. The molecule has 0 atom stereocenters. The van der Waals surface area contributed by atoms with Crippen LogP contribution in [0.4, 0.5) is 5.69 Å². The highest BCUT2D eigenvalue weighted by molar-refractivity contribution is 5.88. The highest BCUT2D eigenvalue weighted by atomic mass is 16.6. The Bertz CT molecular complexity index is 613. The zero-order valence-corrected chi connectivity index (χ0v) is 21.5. The molecule has 0 aliphatic rings. The van der Waals surface area contributed by atoms with Crippen molar-refractivity contribution in [1.82, 2.24) is 0 Å². The van der Waals surface area contributed by atoms with Gasteiger partial charge in [-0.15, -0.1) is 0 Å². The number of amides is 1. The molecule has 0 bridgehead atoms. The minimum atomic E-state index is -0.103. The number of benzene rings is 1. The van der Waals surface area contributed by atoms with E-state index < -0.39 is 0 Å². The molecule has 0 aliphatic heterocycles. The van der Waals surface area contributed by atoms with Crippen molar-refractivity contribution in [2.75, 3.05) is 97.8 Å². The van der Waals surface area contributed by atoms with Crippen LogP contribution in [0.1, 0.15) is 20.8 Å². The third kappa shape index (κ3) is 21.2. The van der Waals surface area contributed by atoms with E-state index in [1.807, 2.05) is 13.8 Å². The number of nitrogens with one attached hydrogen (secondary N) is 1. The lowest BCUT2D eigenvalue weighted by Crippen LogP contribution is -2.15. The summed E-state index contributed by atoms with van der Waals surface area (Å²) in [6.45, 7) is 12.8. The first kappa shape index (κ1) is 31.2. The lowest BCUT2D eigenvalue weighted by atomic mass is 10.3. The first-order valence-electron chi connectivity index (χ1n) is 12.2. The normalized spacial score (nSPS) is 11.2. The number of hydrogen-bond donors (Lipinski definition) is 1. The molecule has 202 valence electrons. The molecule has 0 aromatic heterocycles. The maximum absolute atomic E-state index is 11.0. The third-order valence-corrected chi connectivity index (χ3v) is 4.21. The summed E-state index contributed by atoms with van der Waals surface area (Å²) in [7, 11) is 0.